The molecule has 1 spiro atoms. The molecule has 2 aliphatic rings. The van der Waals surface area contributed by atoms with E-state index in [1.54, 1.807) is 0 Å². The van der Waals surface area contributed by atoms with Gasteiger partial charge in [0.15, 0.2) is 0 Å². The molecule has 0 bridgehead atoms. The molecule has 1 aliphatic carbocycles. The van der Waals surface area contributed by atoms with E-state index in [1.165, 1.54) is 50.8 Å². The van der Waals surface area contributed by atoms with E-state index in [-0.39, 0.29) is 12.4 Å². The van der Waals surface area contributed by atoms with Crippen LogP contribution in [-0.2, 0) is 6.54 Å². The van der Waals surface area contributed by atoms with Crippen molar-refractivity contribution in [3.8, 4) is 5.69 Å². The molecule has 2 fully saturated rings. The van der Waals surface area contributed by atoms with Crippen LogP contribution in [0.2, 0.25) is 0 Å². The zero-order valence-electron chi connectivity index (χ0n) is 14.2. The van der Waals surface area contributed by atoms with Crippen LogP contribution in [0, 0.1) is 0 Å². The van der Waals surface area contributed by atoms with E-state index in [4.69, 9.17) is 0 Å². The minimum absolute atomic E-state index is 0. The summed E-state index contributed by atoms with van der Waals surface area (Å²) >= 11 is 0. The molecule has 5 heteroatoms. The van der Waals surface area contributed by atoms with E-state index < -0.39 is 0 Å². The summed E-state index contributed by atoms with van der Waals surface area (Å²) in [6.45, 7) is 4.52. The second kappa shape index (κ2) is 7.68. The number of benzene rings is 1. The molecule has 1 saturated heterocycles. The number of rotatable bonds is 3. The van der Waals surface area contributed by atoms with E-state index in [0.717, 1.165) is 18.8 Å². The van der Waals surface area contributed by atoms with Crippen molar-refractivity contribution in [2.24, 2.45) is 0 Å². The molecular formula is C19H27ClN4. The number of hydrogen-bond acceptors (Lipinski definition) is 3. The molecule has 24 heavy (non-hydrogen) atoms. The van der Waals surface area contributed by atoms with Crippen LogP contribution in [-0.4, -0.2) is 39.9 Å². The first-order valence-electron chi connectivity index (χ1n) is 8.91. The van der Waals surface area contributed by atoms with Crippen LogP contribution < -0.4 is 5.32 Å². The number of nitrogens with one attached hydrogen (secondary N) is 1. The van der Waals surface area contributed by atoms with Crippen molar-refractivity contribution in [2.75, 3.05) is 19.6 Å². The predicted octanol–water partition coefficient (Wildman–Crippen LogP) is 3.40. The maximum atomic E-state index is 4.30. The van der Waals surface area contributed by atoms with Crippen LogP contribution in [0.4, 0.5) is 0 Å². The van der Waals surface area contributed by atoms with E-state index in [9.17, 15) is 0 Å². The van der Waals surface area contributed by atoms with Gasteiger partial charge in [0, 0.05) is 44.1 Å². The molecule has 1 saturated carbocycles. The van der Waals surface area contributed by atoms with E-state index in [1.807, 2.05) is 23.1 Å². The van der Waals surface area contributed by atoms with E-state index in [0.29, 0.717) is 5.54 Å². The first kappa shape index (κ1) is 17.5. The Bertz CT molecular complexity index is 609. The van der Waals surface area contributed by atoms with E-state index in [2.05, 4.69) is 39.6 Å². The largest absolute Gasteiger partial charge is 0.314 e. The van der Waals surface area contributed by atoms with Gasteiger partial charge in [0.25, 0.3) is 0 Å². The molecule has 4 nitrogen and oxygen atoms in total. The second-order valence-electron chi connectivity index (χ2n) is 7.00. The first-order chi connectivity index (χ1) is 11.4. The van der Waals surface area contributed by atoms with Gasteiger partial charge in [0.2, 0.25) is 0 Å². The lowest BCUT2D eigenvalue weighted by atomic mass is 9.79. The topological polar surface area (TPSA) is 33.1 Å². The van der Waals surface area contributed by atoms with Gasteiger partial charge in [0.05, 0.1) is 5.69 Å². The predicted molar refractivity (Wildman–Crippen MR) is 99.9 cm³/mol. The SMILES string of the molecule is Cl.c1cnn(-c2ccc(CN3CCNCC34CCCCC4)cc2)c1. The van der Waals surface area contributed by atoms with Crippen LogP contribution in [0.25, 0.3) is 5.69 Å². The zero-order valence-corrected chi connectivity index (χ0v) is 15.0. The van der Waals surface area contributed by atoms with Gasteiger partial charge in [0.1, 0.15) is 0 Å². The Kier molecular flexibility index (Phi) is 5.59. The van der Waals surface area contributed by atoms with Gasteiger partial charge in [-0.3, -0.25) is 4.90 Å². The highest BCUT2D eigenvalue weighted by Crippen LogP contribution is 2.35. The molecule has 4 rings (SSSR count). The Morgan fingerprint density at radius 3 is 2.58 bits per heavy atom. The number of nitrogens with zero attached hydrogens (tertiary/aromatic N) is 3. The highest BCUT2D eigenvalue weighted by Gasteiger charge is 2.39. The molecule has 1 N–H and O–H groups in total. The van der Waals surface area contributed by atoms with Gasteiger partial charge in [-0.1, -0.05) is 31.4 Å². The van der Waals surface area contributed by atoms with Gasteiger partial charge in [-0.25, -0.2) is 4.68 Å². The fourth-order valence-electron chi connectivity index (χ4n) is 4.23. The molecule has 2 heterocycles. The molecule has 0 unspecified atom stereocenters. The normalized spacial score (nSPS) is 20.7. The van der Waals surface area contributed by atoms with Crippen molar-refractivity contribution in [1.29, 1.82) is 0 Å². The highest BCUT2D eigenvalue weighted by atomic mass is 35.5. The first-order valence-corrected chi connectivity index (χ1v) is 8.91. The molecule has 0 radical (unpaired) electrons. The van der Waals surface area contributed by atoms with E-state index >= 15 is 0 Å². The van der Waals surface area contributed by atoms with Crippen molar-refractivity contribution in [3.63, 3.8) is 0 Å². The molecule has 2 aromatic rings. The summed E-state index contributed by atoms with van der Waals surface area (Å²) in [5.74, 6) is 0. The quantitative estimate of drug-likeness (QED) is 0.924. The Labute approximate surface area is 150 Å². The summed E-state index contributed by atoms with van der Waals surface area (Å²) in [7, 11) is 0. The van der Waals surface area contributed by atoms with Crippen LogP contribution in [0.5, 0.6) is 0 Å². The van der Waals surface area contributed by atoms with Crippen LogP contribution in [0.1, 0.15) is 37.7 Å². The number of halogens is 1. The third-order valence-corrected chi connectivity index (χ3v) is 5.55. The number of aromatic nitrogens is 2. The fourth-order valence-corrected chi connectivity index (χ4v) is 4.23. The molecular weight excluding hydrogens is 320 g/mol. The van der Waals surface area contributed by atoms with Crippen LogP contribution >= 0.6 is 12.4 Å². The third kappa shape index (κ3) is 3.51. The average Bonchev–Trinajstić information content (AvgIpc) is 3.13. The molecule has 1 aliphatic heterocycles. The lowest BCUT2D eigenvalue weighted by Crippen LogP contribution is -2.61. The summed E-state index contributed by atoms with van der Waals surface area (Å²) in [5.41, 5.74) is 2.94. The number of piperazine rings is 1. The maximum absolute atomic E-state index is 4.30. The van der Waals surface area contributed by atoms with Crippen molar-refractivity contribution in [1.82, 2.24) is 20.0 Å². The zero-order chi connectivity index (χ0) is 15.5. The summed E-state index contributed by atoms with van der Waals surface area (Å²) < 4.78 is 1.91. The Morgan fingerprint density at radius 2 is 1.88 bits per heavy atom. The second-order valence-corrected chi connectivity index (χ2v) is 7.00. The Morgan fingerprint density at radius 1 is 1.08 bits per heavy atom. The Hall–Kier alpha value is -1.36. The molecule has 1 aromatic heterocycles. The van der Waals surface area contributed by atoms with Crippen molar-refractivity contribution >= 4 is 12.4 Å². The van der Waals surface area contributed by atoms with Gasteiger partial charge < -0.3 is 5.32 Å². The Balaban J connectivity index is 0.00000169. The summed E-state index contributed by atoms with van der Waals surface area (Å²) in [6.07, 6.45) is 10.7. The summed E-state index contributed by atoms with van der Waals surface area (Å²) in [4.78, 5) is 2.74. The monoisotopic (exact) mass is 346 g/mol. The fraction of sp³-hybridized carbons (Fsp3) is 0.526. The van der Waals surface area contributed by atoms with Crippen molar-refractivity contribution in [2.45, 2.75) is 44.2 Å². The summed E-state index contributed by atoms with van der Waals surface area (Å²) in [6, 6.07) is 10.8. The van der Waals surface area contributed by atoms with Crippen molar-refractivity contribution in [3.05, 3.63) is 48.3 Å². The maximum Gasteiger partial charge on any atom is 0.0645 e. The molecule has 1 aromatic carbocycles. The van der Waals surface area contributed by atoms with Crippen molar-refractivity contribution < 1.29 is 0 Å². The standard InChI is InChI=1S/C19H26N4.ClH/c1-2-9-19(10-3-1)16-20-12-14-22(19)15-17-5-7-18(8-6-17)23-13-4-11-21-23;/h4-8,11,13,20H,1-3,9-10,12,14-16H2;1H. The minimum atomic E-state index is 0. The smallest absolute Gasteiger partial charge is 0.0645 e. The van der Waals surface area contributed by atoms with Gasteiger partial charge in [-0.05, 0) is 36.6 Å². The van der Waals surface area contributed by atoms with Gasteiger partial charge in [-0.2, -0.15) is 5.10 Å². The molecule has 130 valence electrons. The third-order valence-electron chi connectivity index (χ3n) is 5.55. The van der Waals surface area contributed by atoms with Gasteiger partial charge in [-0.15, -0.1) is 12.4 Å². The average molecular weight is 347 g/mol. The van der Waals surface area contributed by atoms with Crippen LogP contribution in [0.3, 0.4) is 0 Å². The summed E-state index contributed by atoms with van der Waals surface area (Å²) in [5, 5.41) is 7.93. The number of hydrogen-bond donors (Lipinski definition) is 1. The minimum Gasteiger partial charge on any atom is -0.314 e. The molecule has 0 amide bonds. The van der Waals surface area contributed by atoms with Gasteiger partial charge >= 0.3 is 0 Å². The highest BCUT2D eigenvalue weighted by molar-refractivity contribution is 5.85. The molecule has 0 atom stereocenters. The lowest BCUT2D eigenvalue weighted by Gasteiger charge is -2.50. The lowest BCUT2D eigenvalue weighted by molar-refractivity contribution is 0.0209. The van der Waals surface area contributed by atoms with Crippen LogP contribution in [0.15, 0.2) is 42.7 Å².